The normalized spacial score (nSPS) is 17.0. The summed E-state index contributed by atoms with van der Waals surface area (Å²) in [5.41, 5.74) is 1.38. The molecule has 4 rings (SSSR count). The average Bonchev–Trinajstić information content (AvgIpc) is 2.83. The van der Waals surface area contributed by atoms with Crippen LogP contribution in [-0.4, -0.2) is 70.3 Å². The number of carbonyl (C=O) groups is 2. The fraction of sp³-hybridized carbons (Fsp3) is 0.391. The Labute approximate surface area is 193 Å². The molecule has 0 saturated carbocycles. The monoisotopic (exact) mass is 473 g/mol. The molecule has 1 saturated heterocycles. The molecular formula is C23H27N3O6S. The van der Waals surface area contributed by atoms with Crippen LogP contribution in [0.1, 0.15) is 13.3 Å². The molecule has 2 aliphatic heterocycles. The lowest BCUT2D eigenvalue weighted by atomic mass is 10.2. The van der Waals surface area contributed by atoms with E-state index in [-0.39, 0.29) is 29.7 Å². The molecule has 2 heterocycles. The Hall–Kier alpha value is -3.27. The summed E-state index contributed by atoms with van der Waals surface area (Å²) in [6, 6.07) is 12.1. The van der Waals surface area contributed by atoms with Gasteiger partial charge in [0.2, 0.25) is 5.91 Å². The summed E-state index contributed by atoms with van der Waals surface area (Å²) < 4.78 is 36.6. The number of sulfone groups is 1. The summed E-state index contributed by atoms with van der Waals surface area (Å²) in [6.45, 7) is 3.83. The first-order valence-electron chi connectivity index (χ1n) is 10.8. The lowest BCUT2D eigenvalue weighted by Gasteiger charge is -2.36. The van der Waals surface area contributed by atoms with Gasteiger partial charge in [0.15, 0.2) is 16.4 Å². The zero-order chi connectivity index (χ0) is 23.6. The van der Waals surface area contributed by atoms with Crippen LogP contribution in [0, 0.1) is 0 Å². The molecule has 33 heavy (non-hydrogen) atoms. The molecule has 2 aromatic carbocycles. The van der Waals surface area contributed by atoms with Crippen LogP contribution in [0.5, 0.6) is 11.5 Å². The van der Waals surface area contributed by atoms with Crippen molar-refractivity contribution in [3.05, 3.63) is 42.5 Å². The van der Waals surface area contributed by atoms with Gasteiger partial charge in [-0.1, -0.05) is 0 Å². The number of fused-ring (bicyclic) bond motifs is 1. The van der Waals surface area contributed by atoms with Gasteiger partial charge in [-0.2, -0.15) is 0 Å². The molecule has 9 nitrogen and oxygen atoms in total. The summed E-state index contributed by atoms with van der Waals surface area (Å²) in [5.74, 6) is 0.688. The molecule has 0 spiro atoms. The van der Waals surface area contributed by atoms with Crippen LogP contribution in [0.4, 0.5) is 11.4 Å². The molecule has 10 heteroatoms. The summed E-state index contributed by atoms with van der Waals surface area (Å²) in [6.07, 6.45) is -0.106. The van der Waals surface area contributed by atoms with E-state index >= 15 is 0 Å². The van der Waals surface area contributed by atoms with Crippen molar-refractivity contribution in [3.8, 4) is 11.5 Å². The van der Waals surface area contributed by atoms with Gasteiger partial charge in [-0.3, -0.25) is 9.59 Å². The van der Waals surface area contributed by atoms with Crippen molar-refractivity contribution < 1.29 is 27.5 Å². The van der Waals surface area contributed by atoms with Gasteiger partial charge in [0.25, 0.3) is 5.91 Å². The van der Waals surface area contributed by atoms with E-state index in [1.807, 2.05) is 24.3 Å². The maximum absolute atomic E-state index is 13.1. The minimum Gasteiger partial charge on any atom is -0.497 e. The number of benzene rings is 2. The summed E-state index contributed by atoms with van der Waals surface area (Å²) >= 11 is 0. The van der Waals surface area contributed by atoms with E-state index in [1.54, 1.807) is 12.0 Å². The minimum atomic E-state index is -3.76. The van der Waals surface area contributed by atoms with Crippen LogP contribution in [0.15, 0.2) is 47.4 Å². The third kappa shape index (κ3) is 4.90. The molecular weight excluding hydrogens is 446 g/mol. The van der Waals surface area contributed by atoms with Gasteiger partial charge in [0.1, 0.15) is 11.5 Å². The zero-order valence-corrected chi connectivity index (χ0v) is 19.4. The maximum Gasteiger partial charge on any atom is 0.262 e. The van der Waals surface area contributed by atoms with Crippen LogP contribution >= 0.6 is 0 Å². The molecule has 0 aromatic heterocycles. The number of hydrogen-bond acceptors (Lipinski definition) is 7. The van der Waals surface area contributed by atoms with Crippen LogP contribution < -0.4 is 19.7 Å². The third-order valence-corrected chi connectivity index (χ3v) is 8.11. The van der Waals surface area contributed by atoms with Gasteiger partial charge in [0.05, 0.1) is 22.9 Å². The number of ether oxygens (including phenoxy) is 2. The number of carbonyl (C=O) groups excluding carboxylic acids is 2. The van der Waals surface area contributed by atoms with E-state index in [9.17, 15) is 18.0 Å². The number of piperazine rings is 1. The number of amides is 2. The highest BCUT2D eigenvalue weighted by molar-refractivity contribution is 7.92. The largest absolute Gasteiger partial charge is 0.497 e. The molecule has 2 amide bonds. The Bertz CT molecular complexity index is 1140. The first-order chi connectivity index (χ1) is 15.8. The van der Waals surface area contributed by atoms with Gasteiger partial charge in [-0.15, -0.1) is 0 Å². The lowest BCUT2D eigenvalue weighted by Crippen LogP contribution is -2.49. The topological polar surface area (TPSA) is 105 Å². The standard InChI is InChI=1S/C23H27N3O6S/c1-16(33(29,30)19-7-8-21-20(14-19)24-22(27)15-32-21)13-23(28)26-11-9-25(10-12-26)17-3-5-18(31-2)6-4-17/h3-8,14,16H,9-13,15H2,1-2H3,(H,24,27)/t16-/m0/s1. The van der Waals surface area contributed by atoms with Gasteiger partial charge < -0.3 is 24.6 Å². The number of methoxy groups -OCH3 is 1. The molecule has 0 unspecified atom stereocenters. The van der Waals surface area contributed by atoms with E-state index in [0.717, 1.165) is 11.4 Å². The van der Waals surface area contributed by atoms with Gasteiger partial charge >= 0.3 is 0 Å². The van der Waals surface area contributed by atoms with Crippen LogP contribution in [-0.2, 0) is 19.4 Å². The van der Waals surface area contributed by atoms with Crippen molar-refractivity contribution in [2.45, 2.75) is 23.5 Å². The van der Waals surface area contributed by atoms with E-state index in [2.05, 4.69) is 10.2 Å². The molecule has 2 aliphatic rings. The molecule has 0 aliphatic carbocycles. The van der Waals surface area contributed by atoms with E-state index in [4.69, 9.17) is 9.47 Å². The van der Waals surface area contributed by atoms with Crippen molar-refractivity contribution in [1.82, 2.24) is 4.90 Å². The highest BCUT2D eigenvalue weighted by Crippen LogP contribution is 2.32. The number of hydrogen-bond donors (Lipinski definition) is 1. The summed E-state index contributed by atoms with van der Waals surface area (Å²) in [4.78, 5) is 28.3. The van der Waals surface area contributed by atoms with E-state index in [1.165, 1.54) is 25.1 Å². The maximum atomic E-state index is 13.1. The Morgan fingerprint density at radius 3 is 2.48 bits per heavy atom. The molecule has 1 atom stereocenters. The highest BCUT2D eigenvalue weighted by Gasteiger charge is 2.30. The Morgan fingerprint density at radius 1 is 1.12 bits per heavy atom. The van der Waals surface area contributed by atoms with Crippen molar-refractivity contribution >= 4 is 33.0 Å². The number of nitrogens with one attached hydrogen (secondary N) is 1. The van der Waals surface area contributed by atoms with Crippen LogP contribution in [0.2, 0.25) is 0 Å². The van der Waals surface area contributed by atoms with E-state index < -0.39 is 15.1 Å². The van der Waals surface area contributed by atoms with E-state index in [0.29, 0.717) is 37.6 Å². The smallest absolute Gasteiger partial charge is 0.262 e. The first kappa shape index (κ1) is 22.9. The third-order valence-electron chi connectivity index (χ3n) is 5.97. The highest BCUT2D eigenvalue weighted by atomic mass is 32.2. The second kappa shape index (κ2) is 9.30. The van der Waals surface area contributed by atoms with Crippen LogP contribution in [0.25, 0.3) is 0 Å². The van der Waals surface area contributed by atoms with Crippen LogP contribution in [0.3, 0.4) is 0 Å². The number of nitrogens with zero attached hydrogens (tertiary/aromatic N) is 2. The Balaban J connectivity index is 1.36. The van der Waals surface area contributed by atoms with Gasteiger partial charge in [0, 0.05) is 38.3 Å². The van der Waals surface area contributed by atoms with Crippen molar-refractivity contribution in [3.63, 3.8) is 0 Å². The summed E-state index contributed by atoms with van der Waals surface area (Å²) in [5, 5.41) is 1.71. The molecule has 2 aromatic rings. The Kier molecular flexibility index (Phi) is 6.46. The van der Waals surface area contributed by atoms with Crippen molar-refractivity contribution in [1.29, 1.82) is 0 Å². The van der Waals surface area contributed by atoms with Gasteiger partial charge in [-0.25, -0.2) is 8.42 Å². The molecule has 176 valence electrons. The molecule has 1 fully saturated rings. The second-order valence-corrected chi connectivity index (χ2v) is 10.5. The quantitative estimate of drug-likeness (QED) is 0.683. The first-order valence-corrected chi connectivity index (χ1v) is 12.3. The van der Waals surface area contributed by atoms with Crippen molar-refractivity contribution in [2.75, 3.05) is 50.1 Å². The number of anilines is 2. The van der Waals surface area contributed by atoms with Crippen molar-refractivity contribution in [2.24, 2.45) is 0 Å². The predicted octanol–water partition coefficient (Wildman–Crippen LogP) is 1.93. The Morgan fingerprint density at radius 2 is 1.82 bits per heavy atom. The second-order valence-electron chi connectivity index (χ2n) is 8.12. The molecule has 0 bridgehead atoms. The fourth-order valence-electron chi connectivity index (χ4n) is 3.96. The molecule has 0 radical (unpaired) electrons. The lowest BCUT2D eigenvalue weighted by molar-refractivity contribution is -0.131. The fourth-order valence-corrected chi connectivity index (χ4v) is 5.33. The zero-order valence-electron chi connectivity index (χ0n) is 18.6. The van der Waals surface area contributed by atoms with Gasteiger partial charge in [-0.05, 0) is 49.4 Å². The SMILES string of the molecule is COc1ccc(N2CCN(C(=O)C[C@H](C)S(=O)(=O)c3ccc4c(c3)NC(=O)CO4)CC2)cc1. The average molecular weight is 474 g/mol. The molecule has 1 N–H and O–H groups in total. The predicted molar refractivity (Wildman–Crippen MR) is 124 cm³/mol. The summed E-state index contributed by atoms with van der Waals surface area (Å²) in [7, 11) is -2.14. The number of rotatable bonds is 6. The minimum absolute atomic E-state index is 0.0525.